The number of esters is 1. The maximum absolute atomic E-state index is 13.1. The van der Waals surface area contributed by atoms with Gasteiger partial charge in [-0.2, -0.15) is 0 Å². The zero-order valence-corrected chi connectivity index (χ0v) is 16.7. The van der Waals surface area contributed by atoms with E-state index in [4.69, 9.17) is 25.8 Å². The van der Waals surface area contributed by atoms with Crippen LogP contribution in [0.25, 0.3) is 0 Å². The molecule has 0 spiro atoms. The summed E-state index contributed by atoms with van der Waals surface area (Å²) >= 11 is 5.92. The van der Waals surface area contributed by atoms with Crippen LogP contribution in [0.2, 0.25) is 5.02 Å². The van der Waals surface area contributed by atoms with Gasteiger partial charge in [0.25, 0.3) is 0 Å². The predicted molar refractivity (Wildman–Crippen MR) is 108 cm³/mol. The van der Waals surface area contributed by atoms with Crippen LogP contribution in [-0.2, 0) is 16.1 Å². The van der Waals surface area contributed by atoms with Crippen LogP contribution in [0.5, 0.6) is 11.5 Å². The number of nitrogens with zero attached hydrogens (tertiary/aromatic N) is 1. The number of rotatable bonds is 2. The summed E-state index contributed by atoms with van der Waals surface area (Å²) in [4.78, 5) is 28.2. The average molecular weight is 424 g/mol. The van der Waals surface area contributed by atoms with Crippen molar-refractivity contribution in [3.05, 3.63) is 69.8 Å². The Kier molecular flexibility index (Phi) is 3.95. The first kappa shape index (κ1) is 18.0. The number of carbonyl (C=O) groups is 2. The molecule has 4 aliphatic rings. The Hall–Kier alpha value is -2.83. The first-order chi connectivity index (χ1) is 14.6. The van der Waals surface area contributed by atoms with Gasteiger partial charge in [-0.15, -0.1) is 0 Å². The van der Waals surface area contributed by atoms with Gasteiger partial charge >= 0.3 is 5.97 Å². The van der Waals surface area contributed by atoms with E-state index in [2.05, 4.69) is 4.90 Å². The summed E-state index contributed by atoms with van der Waals surface area (Å²) in [5.74, 6) is 0.431. The van der Waals surface area contributed by atoms with Gasteiger partial charge in [0.05, 0.1) is 5.56 Å². The van der Waals surface area contributed by atoms with Crippen molar-refractivity contribution >= 4 is 23.4 Å². The van der Waals surface area contributed by atoms with Crippen LogP contribution in [0, 0.1) is 0 Å². The van der Waals surface area contributed by atoms with Gasteiger partial charge in [0.15, 0.2) is 23.4 Å². The molecular formula is C23H18ClNO5. The molecule has 7 heteroatoms. The Morgan fingerprint density at radius 2 is 1.90 bits per heavy atom. The van der Waals surface area contributed by atoms with Gasteiger partial charge in [-0.3, -0.25) is 9.69 Å². The predicted octanol–water partition coefficient (Wildman–Crippen LogP) is 3.47. The van der Waals surface area contributed by atoms with Gasteiger partial charge in [0.1, 0.15) is 0 Å². The first-order valence-corrected chi connectivity index (χ1v) is 10.3. The highest BCUT2D eigenvalue weighted by atomic mass is 35.5. The molecule has 6 nitrogen and oxygen atoms in total. The molecule has 3 atom stereocenters. The Balaban J connectivity index is 1.42. The van der Waals surface area contributed by atoms with Gasteiger partial charge in [-0.05, 0) is 65.6 Å². The van der Waals surface area contributed by atoms with Gasteiger partial charge < -0.3 is 14.2 Å². The third-order valence-corrected chi connectivity index (χ3v) is 6.67. The number of fused-ring (bicyclic) bond motifs is 3. The van der Waals surface area contributed by atoms with E-state index in [1.165, 1.54) is 0 Å². The second-order valence-electron chi connectivity index (χ2n) is 8.05. The SMILES string of the molecule is O=C(O[C@@H]1C(=O)C=C2CCN3Cc4cc5c(cc4[C@H]1C23)OCO5)c1ccc(Cl)cc1. The topological polar surface area (TPSA) is 65.1 Å². The molecule has 0 bridgehead atoms. The minimum absolute atomic E-state index is 0.0542. The van der Waals surface area contributed by atoms with Crippen LogP contribution in [0.1, 0.15) is 33.8 Å². The summed E-state index contributed by atoms with van der Waals surface area (Å²) in [5.41, 5.74) is 3.57. The fourth-order valence-corrected chi connectivity index (χ4v) is 5.22. The monoisotopic (exact) mass is 423 g/mol. The van der Waals surface area contributed by atoms with Gasteiger partial charge in [0.2, 0.25) is 6.79 Å². The lowest BCUT2D eigenvalue weighted by Crippen LogP contribution is -2.50. The summed E-state index contributed by atoms with van der Waals surface area (Å²) in [6.07, 6.45) is 1.65. The largest absolute Gasteiger partial charge is 0.454 e. The van der Waals surface area contributed by atoms with Crippen molar-refractivity contribution in [2.24, 2.45) is 0 Å². The van der Waals surface area contributed by atoms with E-state index < -0.39 is 12.1 Å². The van der Waals surface area contributed by atoms with E-state index in [9.17, 15) is 9.59 Å². The summed E-state index contributed by atoms with van der Waals surface area (Å²) in [6.45, 7) is 1.84. The minimum atomic E-state index is -0.887. The molecule has 1 fully saturated rings. The number of hydrogen-bond donors (Lipinski definition) is 0. The van der Waals surface area contributed by atoms with Crippen LogP contribution in [0.4, 0.5) is 0 Å². The molecule has 2 aromatic carbocycles. The third kappa shape index (κ3) is 2.67. The number of carbonyl (C=O) groups excluding carboxylic acids is 2. The highest BCUT2D eigenvalue weighted by Gasteiger charge is 2.51. The Labute approximate surface area is 178 Å². The molecule has 0 radical (unpaired) electrons. The molecule has 0 saturated carbocycles. The standard InChI is InChI=1S/C23H18ClNO5/c24-15-3-1-12(2-4-15)23(27)30-22-17(26)7-13-5-6-25-10-14-8-18-19(29-11-28-18)9-16(14)20(22)21(13)25/h1-4,7-9,20-22H,5-6,10-11H2/t20-,21?,22+/m0/s1. The van der Waals surface area contributed by atoms with Crippen molar-refractivity contribution in [3.63, 3.8) is 0 Å². The molecule has 152 valence electrons. The van der Waals surface area contributed by atoms with E-state index in [0.29, 0.717) is 16.3 Å². The van der Waals surface area contributed by atoms with Gasteiger partial charge in [0, 0.05) is 30.1 Å². The molecule has 2 aromatic rings. The third-order valence-electron chi connectivity index (χ3n) is 6.42. The van der Waals surface area contributed by atoms with Crippen molar-refractivity contribution in [3.8, 4) is 11.5 Å². The number of ketones is 1. The lowest BCUT2D eigenvalue weighted by Gasteiger charge is -2.43. The van der Waals surface area contributed by atoms with Crippen molar-refractivity contribution in [2.75, 3.05) is 13.3 Å². The second-order valence-corrected chi connectivity index (χ2v) is 8.49. The summed E-state index contributed by atoms with van der Waals surface area (Å²) < 4.78 is 17.0. The first-order valence-electron chi connectivity index (χ1n) is 9.96. The molecule has 0 N–H and O–H groups in total. The molecule has 3 aliphatic heterocycles. The molecule has 1 unspecified atom stereocenters. The number of halogens is 1. The highest BCUT2D eigenvalue weighted by Crippen LogP contribution is 2.49. The van der Waals surface area contributed by atoms with Gasteiger partial charge in [-0.25, -0.2) is 4.79 Å². The van der Waals surface area contributed by atoms with Crippen molar-refractivity contribution < 1.29 is 23.8 Å². The second kappa shape index (κ2) is 6.59. The number of ether oxygens (including phenoxy) is 3. The molecule has 30 heavy (non-hydrogen) atoms. The molecule has 6 rings (SSSR count). The van der Waals surface area contributed by atoms with Crippen molar-refractivity contribution in [1.29, 1.82) is 0 Å². The molecule has 1 saturated heterocycles. The molecular weight excluding hydrogens is 406 g/mol. The molecule has 0 amide bonds. The number of hydrogen-bond acceptors (Lipinski definition) is 6. The van der Waals surface area contributed by atoms with Crippen molar-refractivity contribution in [2.45, 2.75) is 31.0 Å². The van der Waals surface area contributed by atoms with E-state index in [-0.39, 0.29) is 24.5 Å². The average Bonchev–Trinajstić information content (AvgIpc) is 3.36. The van der Waals surface area contributed by atoms with Crippen molar-refractivity contribution in [1.82, 2.24) is 4.90 Å². The Bertz CT molecular complexity index is 1110. The van der Waals surface area contributed by atoms with Crippen LogP contribution in [0.15, 0.2) is 48.0 Å². The summed E-state index contributed by atoms with van der Waals surface area (Å²) in [5, 5.41) is 0.534. The van der Waals surface area contributed by atoms with Gasteiger partial charge in [-0.1, -0.05) is 11.6 Å². The van der Waals surface area contributed by atoms with E-state index in [1.54, 1.807) is 30.3 Å². The van der Waals surface area contributed by atoms with Crippen LogP contribution in [-0.4, -0.2) is 42.1 Å². The quantitative estimate of drug-likeness (QED) is 0.689. The zero-order chi connectivity index (χ0) is 20.4. The summed E-state index contributed by atoms with van der Waals surface area (Å²) in [7, 11) is 0. The fraction of sp³-hybridized carbons (Fsp3) is 0.304. The van der Waals surface area contributed by atoms with Crippen LogP contribution < -0.4 is 9.47 Å². The smallest absolute Gasteiger partial charge is 0.338 e. The lowest BCUT2D eigenvalue weighted by atomic mass is 9.73. The fourth-order valence-electron chi connectivity index (χ4n) is 5.09. The van der Waals surface area contributed by atoms with E-state index >= 15 is 0 Å². The van der Waals surface area contributed by atoms with Crippen LogP contribution in [0.3, 0.4) is 0 Å². The van der Waals surface area contributed by atoms with E-state index in [1.807, 2.05) is 12.1 Å². The Morgan fingerprint density at radius 1 is 1.13 bits per heavy atom. The minimum Gasteiger partial charge on any atom is -0.454 e. The van der Waals surface area contributed by atoms with Crippen LogP contribution >= 0.6 is 11.6 Å². The molecule has 0 aromatic heterocycles. The lowest BCUT2D eigenvalue weighted by molar-refractivity contribution is -0.126. The zero-order valence-electron chi connectivity index (χ0n) is 16.0. The molecule has 3 heterocycles. The maximum atomic E-state index is 13.1. The normalized spacial score (nSPS) is 26.1. The molecule has 1 aliphatic carbocycles. The highest BCUT2D eigenvalue weighted by molar-refractivity contribution is 6.30. The van der Waals surface area contributed by atoms with E-state index in [0.717, 1.165) is 42.0 Å². The Morgan fingerprint density at radius 3 is 2.70 bits per heavy atom. The maximum Gasteiger partial charge on any atom is 0.338 e. The summed E-state index contributed by atoms with van der Waals surface area (Å²) in [6, 6.07) is 10.5. The number of benzene rings is 2.